The normalized spacial score (nSPS) is 17.6. The number of fused-ring (bicyclic) bond motifs is 2. The van der Waals surface area contributed by atoms with Crippen molar-refractivity contribution in [3.05, 3.63) is 57.9 Å². The molecule has 1 aromatic carbocycles. The number of thiophene rings is 1. The second-order valence-corrected chi connectivity index (χ2v) is 27.2. The van der Waals surface area contributed by atoms with Crippen molar-refractivity contribution in [2.45, 2.75) is 167 Å². The second-order valence-electron chi connectivity index (χ2n) is 22.1. The van der Waals surface area contributed by atoms with Crippen LogP contribution in [0.4, 0.5) is 5.69 Å². The summed E-state index contributed by atoms with van der Waals surface area (Å²) in [5, 5.41) is 9.16. The van der Waals surface area contributed by atoms with Crippen LogP contribution in [0.2, 0.25) is 0 Å². The highest BCUT2D eigenvalue weighted by Crippen LogP contribution is 2.44. The standard InChI is InChI=1S/C56H85N7O12S3/c1-16-55(14,75-37(9)48(65)56(17-2,18-3)61-77(69,70)46-31-41-44(57-19-4)33-63(26-22-28-73-15)78(71,72)51(41)76-46)52(68)54(12,13)34-53(10,11)32-45(64)74-38-23-24-42-39(29-38)40(49(66)60-42)30-43-35(7)47(36(8)59-43)50(67)58-25-27-62(20-5)21-6/h23-24,29-31,37,44,57,59,61H,16-22,25-28,32-34H2,1-15H3,(H,58,67)(H,60,66)/b40-30+/t37-,44-,55?/m0/s1. The number of aromatic nitrogens is 1. The molecule has 0 saturated carbocycles. The van der Waals surface area contributed by atoms with E-state index in [4.69, 9.17) is 14.2 Å². The number of sulfonamides is 2. The van der Waals surface area contributed by atoms with E-state index >= 15 is 0 Å². The van der Waals surface area contributed by atoms with Gasteiger partial charge < -0.3 is 40.0 Å². The number of carbonyl (C=O) groups is 5. The Labute approximate surface area is 466 Å². The number of nitrogens with zero attached hydrogens (tertiary/aromatic N) is 2. The zero-order valence-electron chi connectivity index (χ0n) is 48.5. The number of ketones is 2. The zero-order chi connectivity index (χ0) is 58.3. The SMILES string of the molecule is CCN[C@H]1CN(CCCOC)S(=O)(=O)c2sc(S(=O)(=O)NC(CC)(CC)C(=O)[C@H](C)OC(C)(CC)C(=O)C(C)(C)CC(C)(C)CC(=O)Oc3ccc4c(c3)/C(=C\c3[nH]c(C)c(C(=O)NCCN(CC)CC)c3C)C(=O)N4)cc21. The number of amides is 2. The van der Waals surface area contributed by atoms with Crippen molar-refractivity contribution in [3.8, 4) is 5.75 Å². The number of benzene rings is 1. The molecular formula is C56H85N7O12S3. The van der Waals surface area contributed by atoms with Crippen molar-refractivity contribution in [3.63, 3.8) is 0 Å². The number of Topliss-reactive ketones (excluding diaryl/α,β-unsaturated/α-hetero) is 2. The molecule has 0 radical (unpaired) electrons. The Morgan fingerprint density at radius 2 is 1.65 bits per heavy atom. The van der Waals surface area contributed by atoms with Crippen LogP contribution in [-0.4, -0.2) is 137 Å². The summed E-state index contributed by atoms with van der Waals surface area (Å²) in [6, 6.07) is 5.78. The summed E-state index contributed by atoms with van der Waals surface area (Å²) in [4.78, 5) is 75.1. The van der Waals surface area contributed by atoms with E-state index in [9.17, 15) is 40.8 Å². The Morgan fingerprint density at radius 1 is 0.987 bits per heavy atom. The van der Waals surface area contributed by atoms with Crippen molar-refractivity contribution in [1.29, 1.82) is 0 Å². The van der Waals surface area contributed by atoms with Crippen LogP contribution in [-0.2, 0) is 48.7 Å². The Hall–Kier alpha value is -4.65. The molecule has 434 valence electrons. The number of nitrogens with one attached hydrogen (secondary N) is 5. The minimum Gasteiger partial charge on any atom is -0.426 e. The first-order valence-corrected chi connectivity index (χ1v) is 30.9. The van der Waals surface area contributed by atoms with Gasteiger partial charge in [0.15, 0.2) is 11.6 Å². The molecular weight excluding hydrogens is 1060 g/mol. The summed E-state index contributed by atoms with van der Waals surface area (Å²) in [7, 11) is -6.99. The Morgan fingerprint density at radius 3 is 2.26 bits per heavy atom. The van der Waals surface area contributed by atoms with Crippen LogP contribution >= 0.6 is 11.3 Å². The lowest BCUT2D eigenvalue weighted by atomic mass is 9.67. The lowest BCUT2D eigenvalue weighted by Gasteiger charge is -2.41. The van der Waals surface area contributed by atoms with Gasteiger partial charge in [-0.1, -0.05) is 69.2 Å². The van der Waals surface area contributed by atoms with Gasteiger partial charge in [0.25, 0.3) is 31.9 Å². The third kappa shape index (κ3) is 14.3. The Balaban J connectivity index is 1.27. The smallest absolute Gasteiger partial charge is 0.311 e. The molecule has 3 aromatic rings. The largest absolute Gasteiger partial charge is 0.426 e. The van der Waals surface area contributed by atoms with Gasteiger partial charge in [0, 0.05) is 79.6 Å². The zero-order valence-corrected chi connectivity index (χ0v) is 50.9. The van der Waals surface area contributed by atoms with Crippen LogP contribution in [0.15, 0.2) is 32.7 Å². The summed E-state index contributed by atoms with van der Waals surface area (Å²) in [5.74, 6) is -1.82. The Kier molecular flexibility index (Phi) is 21.3. The van der Waals surface area contributed by atoms with Crippen molar-refractivity contribution in [2.24, 2.45) is 10.8 Å². The van der Waals surface area contributed by atoms with Gasteiger partial charge in [-0.15, -0.1) is 11.3 Å². The number of anilines is 1. The number of H-pyrrole nitrogens is 1. The van der Waals surface area contributed by atoms with E-state index in [1.165, 1.54) is 24.4 Å². The molecule has 5 N–H and O–H groups in total. The summed E-state index contributed by atoms with van der Waals surface area (Å²) in [6.45, 7) is 29.3. The molecule has 0 spiro atoms. The molecule has 19 nitrogen and oxygen atoms in total. The molecule has 4 heterocycles. The maximum absolute atomic E-state index is 14.7. The van der Waals surface area contributed by atoms with Crippen molar-refractivity contribution in [2.75, 3.05) is 64.8 Å². The fourth-order valence-electron chi connectivity index (χ4n) is 11.1. The summed E-state index contributed by atoms with van der Waals surface area (Å²) in [5.41, 5.74) is -0.903. The van der Waals surface area contributed by atoms with Gasteiger partial charge in [-0.2, -0.15) is 9.03 Å². The molecule has 22 heteroatoms. The minimum absolute atomic E-state index is 0.0315. The van der Waals surface area contributed by atoms with E-state index in [-0.39, 0.29) is 77.0 Å². The number of hydrogen-bond donors (Lipinski definition) is 5. The highest BCUT2D eigenvalue weighted by molar-refractivity contribution is 7.94. The molecule has 5 rings (SSSR count). The molecule has 0 aliphatic carbocycles. The lowest BCUT2D eigenvalue weighted by molar-refractivity contribution is -0.167. The first kappa shape index (κ1) is 64.2. The van der Waals surface area contributed by atoms with E-state index in [1.54, 1.807) is 65.8 Å². The predicted molar refractivity (Wildman–Crippen MR) is 305 cm³/mol. The summed E-state index contributed by atoms with van der Waals surface area (Å²) >= 11 is 0.647. The Bertz CT molecular complexity index is 2950. The number of hydrogen-bond acceptors (Lipinski definition) is 15. The molecule has 0 saturated heterocycles. The van der Waals surface area contributed by atoms with Gasteiger partial charge >= 0.3 is 5.97 Å². The number of ether oxygens (including phenoxy) is 3. The fraction of sp³-hybridized carbons (Fsp3) is 0.625. The highest BCUT2D eigenvalue weighted by atomic mass is 32.3. The molecule has 0 fully saturated rings. The van der Waals surface area contributed by atoms with Crippen LogP contribution in [0.1, 0.15) is 166 Å². The molecule has 1 unspecified atom stereocenters. The van der Waals surface area contributed by atoms with E-state index in [2.05, 4.69) is 44.4 Å². The van der Waals surface area contributed by atoms with E-state index in [0.29, 0.717) is 82.4 Å². The minimum atomic E-state index is -4.49. The monoisotopic (exact) mass is 1140 g/mol. The number of methoxy groups -OCH3 is 1. The van der Waals surface area contributed by atoms with E-state index < -0.39 is 65.9 Å². The van der Waals surface area contributed by atoms with Crippen LogP contribution in [0.3, 0.4) is 0 Å². The molecule has 2 amide bonds. The summed E-state index contributed by atoms with van der Waals surface area (Å²) in [6.07, 6.45) is 1.23. The third-order valence-electron chi connectivity index (χ3n) is 15.2. The first-order chi connectivity index (χ1) is 36.4. The van der Waals surface area contributed by atoms with Crippen LogP contribution < -0.4 is 25.4 Å². The number of rotatable bonds is 30. The molecule has 2 aliphatic rings. The van der Waals surface area contributed by atoms with Crippen LogP contribution in [0.25, 0.3) is 11.6 Å². The van der Waals surface area contributed by atoms with Crippen molar-refractivity contribution < 1.29 is 55.0 Å². The predicted octanol–water partition coefficient (Wildman–Crippen LogP) is 7.94. The molecule has 3 atom stereocenters. The number of aromatic amines is 1. The number of aryl methyl sites for hydroxylation is 1. The molecule has 2 aliphatic heterocycles. The van der Waals surface area contributed by atoms with Gasteiger partial charge in [0.05, 0.1) is 23.1 Å². The average Bonchev–Trinajstić information content (AvgIpc) is 4.05. The van der Waals surface area contributed by atoms with Gasteiger partial charge in [-0.3, -0.25) is 24.0 Å². The molecule has 0 bridgehead atoms. The number of likely N-dealkylation sites (N-methyl/N-ethyl adjacent to an activating group) is 2. The van der Waals surface area contributed by atoms with Crippen LogP contribution in [0.5, 0.6) is 5.75 Å². The first-order valence-electron chi connectivity index (χ1n) is 27.2. The number of carbonyl (C=O) groups excluding carboxylic acids is 5. The van der Waals surface area contributed by atoms with Gasteiger partial charge in [0.2, 0.25) is 0 Å². The lowest BCUT2D eigenvalue weighted by Crippen LogP contribution is -2.58. The second kappa shape index (κ2) is 25.9. The maximum Gasteiger partial charge on any atom is 0.311 e. The van der Waals surface area contributed by atoms with Crippen molar-refractivity contribution >= 4 is 78.1 Å². The van der Waals surface area contributed by atoms with Crippen molar-refractivity contribution in [1.82, 2.24) is 29.5 Å². The van der Waals surface area contributed by atoms with E-state index in [0.717, 1.165) is 19.6 Å². The third-order valence-corrected chi connectivity index (χ3v) is 20.8. The van der Waals surface area contributed by atoms with Crippen LogP contribution in [0, 0.1) is 24.7 Å². The van der Waals surface area contributed by atoms with Gasteiger partial charge in [-0.25, -0.2) is 16.8 Å². The number of esters is 1. The molecule has 78 heavy (non-hydrogen) atoms. The topological polar surface area (TPSA) is 252 Å². The fourth-order valence-corrected chi connectivity index (χ4v) is 16.5. The average molecular weight is 1140 g/mol. The highest BCUT2D eigenvalue weighted by Gasteiger charge is 2.50. The summed E-state index contributed by atoms with van der Waals surface area (Å²) < 4.78 is 77.5. The van der Waals surface area contributed by atoms with Gasteiger partial charge in [0.1, 0.15) is 25.9 Å². The van der Waals surface area contributed by atoms with Gasteiger partial charge in [-0.05, 0) is 121 Å². The van der Waals surface area contributed by atoms with E-state index in [1.807, 2.05) is 34.6 Å². The molecule has 2 aromatic heterocycles. The maximum atomic E-state index is 14.7. The quantitative estimate of drug-likeness (QED) is 0.0184.